The van der Waals surface area contributed by atoms with Crippen molar-refractivity contribution < 1.29 is 14.7 Å². The Bertz CT molecular complexity index is 878. The standard InChI is InChI=1S/C19H20N4O3/c1-23(19-16-5-2-3-6-17(16)20-13-21-19)14-8-10-15(11-9-14)26-12-4-7-18(24)22-25/h2-3,5-6,8-11,13,25H,4,7,12H2,1H3,(H,22,24). The number of hydrogen-bond donors (Lipinski definition) is 2. The van der Waals surface area contributed by atoms with Gasteiger partial charge in [0.15, 0.2) is 0 Å². The first kappa shape index (κ1) is 17.6. The minimum absolute atomic E-state index is 0.220. The third-order valence-electron chi connectivity index (χ3n) is 4.01. The molecule has 0 unspecified atom stereocenters. The predicted octanol–water partition coefficient (Wildman–Crippen LogP) is 3.06. The van der Waals surface area contributed by atoms with E-state index in [2.05, 4.69) is 9.97 Å². The Balaban J connectivity index is 1.67. The van der Waals surface area contributed by atoms with Crippen LogP contribution in [0.3, 0.4) is 0 Å². The number of hydroxylamine groups is 1. The van der Waals surface area contributed by atoms with Gasteiger partial charge in [0.1, 0.15) is 17.9 Å². The highest BCUT2D eigenvalue weighted by atomic mass is 16.5. The quantitative estimate of drug-likeness (QED) is 0.386. The second kappa shape index (κ2) is 8.26. The number of para-hydroxylation sites is 1. The number of aromatic nitrogens is 2. The SMILES string of the molecule is CN(c1ccc(OCCCC(=O)NO)cc1)c1ncnc2ccccc12. The summed E-state index contributed by atoms with van der Waals surface area (Å²) in [5.74, 6) is 1.14. The molecule has 0 aliphatic carbocycles. The van der Waals surface area contributed by atoms with Crippen molar-refractivity contribution in [1.82, 2.24) is 15.4 Å². The van der Waals surface area contributed by atoms with E-state index in [1.807, 2.05) is 60.5 Å². The molecular weight excluding hydrogens is 332 g/mol. The lowest BCUT2D eigenvalue weighted by atomic mass is 10.2. The Morgan fingerprint density at radius 3 is 2.69 bits per heavy atom. The molecule has 1 heterocycles. The molecular formula is C19H20N4O3. The number of amides is 1. The van der Waals surface area contributed by atoms with Gasteiger partial charge in [-0.25, -0.2) is 15.4 Å². The van der Waals surface area contributed by atoms with Gasteiger partial charge in [0.05, 0.1) is 12.1 Å². The van der Waals surface area contributed by atoms with Gasteiger partial charge in [0.25, 0.3) is 0 Å². The van der Waals surface area contributed by atoms with Crippen molar-refractivity contribution in [3.8, 4) is 5.75 Å². The summed E-state index contributed by atoms with van der Waals surface area (Å²) in [6.45, 7) is 0.402. The number of fused-ring (bicyclic) bond motifs is 1. The van der Waals surface area contributed by atoms with Gasteiger partial charge in [-0.3, -0.25) is 10.0 Å². The number of carbonyl (C=O) groups excluding carboxylic acids is 1. The summed E-state index contributed by atoms with van der Waals surface area (Å²) in [6.07, 6.45) is 2.31. The first-order valence-electron chi connectivity index (χ1n) is 8.28. The Hall–Kier alpha value is -3.19. The van der Waals surface area contributed by atoms with Crippen LogP contribution in [0.2, 0.25) is 0 Å². The van der Waals surface area contributed by atoms with Crippen LogP contribution in [0.4, 0.5) is 11.5 Å². The van der Waals surface area contributed by atoms with E-state index in [-0.39, 0.29) is 6.42 Å². The molecule has 1 amide bonds. The van der Waals surface area contributed by atoms with E-state index in [0.29, 0.717) is 13.0 Å². The first-order valence-corrected chi connectivity index (χ1v) is 8.28. The second-order valence-electron chi connectivity index (χ2n) is 5.75. The molecule has 0 aliphatic heterocycles. The normalized spacial score (nSPS) is 10.5. The summed E-state index contributed by atoms with van der Waals surface area (Å²) in [5.41, 5.74) is 3.47. The molecule has 3 rings (SSSR count). The molecule has 2 aromatic carbocycles. The summed E-state index contributed by atoms with van der Waals surface area (Å²) in [4.78, 5) is 21.6. The molecule has 1 aromatic heterocycles. The largest absolute Gasteiger partial charge is 0.494 e. The fourth-order valence-electron chi connectivity index (χ4n) is 2.62. The van der Waals surface area contributed by atoms with Gasteiger partial charge in [-0.2, -0.15) is 0 Å². The van der Waals surface area contributed by atoms with Gasteiger partial charge >= 0.3 is 0 Å². The fraction of sp³-hybridized carbons (Fsp3) is 0.211. The number of ether oxygens (including phenoxy) is 1. The zero-order valence-corrected chi connectivity index (χ0v) is 14.4. The lowest BCUT2D eigenvalue weighted by Gasteiger charge is -2.20. The fourth-order valence-corrected chi connectivity index (χ4v) is 2.62. The van der Waals surface area contributed by atoms with Crippen molar-refractivity contribution in [1.29, 1.82) is 0 Å². The van der Waals surface area contributed by atoms with E-state index in [1.165, 1.54) is 0 Å². The monoisotopic (exact) mass is 352 g/mol. The van der Waals surface area contributed by atoms with Gasteiger partial charge in [0, 0.05) is 24.5 Å². The molecule has 0 aliphatic rings. The van der Waals surface area contributed by atoms with Crippen LogP contribution in [0.15, 0.2) is 54.9 Å². The Labute approximate surface area is 151 Å². The predicted molar refractivity (Wildman–Crippen MR) is 98.7 cm³/mol. The summed E-state index contributed by atoms with van der Waals surface area (Å²) >= 11 is 0. The van der Waals surface area contributed by atoms with Crippen molar-refractivity contribution in [2.24, 2.45) is 0 Å². The highest BCUT2D eigenvalue weighted by molar-refractivity contribution is 5.91. The number of carbonyl (C=O) groups is 1. The van der Waals surface area contributed by atoms with Crippen LogP contribution < -0.4 is 15.1 Å². The van der Waals surface area contributed by atoms with Crippen molar-refractivity contribution in [3.05, 3.63) is 54.9 Å². The third kappa shape index (κ3) is 4.07. The molecule has 7 heteroatoms. The lowest BCUT2D eigenvalue weighted by Crippen LogP contribution is -2.18. The number of hydrogen-bond acceptors (Lipinski definition) is 6. The van der Waals surface area contributed by atoms with Crippen LogP contribution in [0.25, 0.3) is 10.9 Å². The molecule has 0 bridgehead atoms. The van der Waals surface area contributed by atoms with E-state index >= 15 is 0 Å². The molecule has 7 nitrogen and oxygen atoms in total. The maximum absolute atomic E-state index is 10.9. The molecule has 0 saturated carbocycles. The van der Waals surface area contributed by atoms with Crippen LogP contribution in [-0.2, 0) is 4.79 Å². The van der Waals surface area contributed by atoms with Gasteiger partial charge in [-0.1, -0.05) is 12.1 Å². The Morgan fingerprint density at radius 1 is 1.15 bits per heavy atom. The van der Waals surface area contributed by atoms with Crippen molar-refractivity contribution in [2.75, 3.05) is 18.6 Å². The summed E-state index contributed by atoms with van der Waals surface area (Å²) < 4.78 is 5.61. The maximum atomic E-state index is 10.9. The number of nitrogens with one attached hydrogen (secondary N) is 1. The van der Waals surface area contributed by atoms with E-state index in [9.17, 15) is 4.79 Å². The second-order valence-corrected chi connectivity index (χ2v) is 5.75. The van der Waals surface area contributed by atoms with E-state index in [1.54, 1.807) is 11.8 Å². The molecule has 3 aromatic rings. The lowest BCUT2D eigenvalue weighted by molar-refractivity contribution is -0.129. The van der Waals surface area contributed by atoms with Crippen molar-refractivity contribution in [2.45, 2.75) is 12.8 Å². The van der Waals surface area contributed by atoms with E-state index in [4.69, 9.17) is 9.94 Å². The molecule has 134 valence electrons. The third-order valence-corrected chi connectivity index (χ3v) is 4.01. The summed E-state index contributed by atoms with van der Waals surface area (Å²) in [6, 6.07) is 15.5. The van der Waals surface area contributed by atoms with Gasteiger partial charge in [-0.15, -0.1) is 0 Å². The average Bonchev–Trinajstić information content (AvgIpc) is 2.70. The van der Waals surface area contributed by atoms with Gasteiger partial charge in [0.2, 0.25) is 5.91 Å². The number of nitrogens with zero attached hydrogens (tertiary/aromatic N) is 3. The van der Waals surface area contributed by atoms with Crippen LogP contribution in [0, 0.1) is 0 Å². The first-order chi connectivity index (χ1) is 12.7. The average molecular weight is 352 g/mol. The summed E-state index contributed by atoms with van der Waals surface area (Å²) in [7, 11) is 1.96. The number of benzene rings is 2. The van der Waals surface area contributed by atoms with Crippen molar-refractivity contribution in [3.63, 3.8) is 0 Å². The molecule has 0 saturated heterocycles. The minimum Gasteiger partial charge on any atom is -0.494 e. The van der Waals surface area contributed by atoms with Gasteiger partial charge < -0.3 is 9.64 Å². The van der Waals surface area contributed by atoms with Gasteiger partial charge in [-0.05, 0) is 42.8 Å². The van der Waals surface area contributed by atoms with Crippen LogP contribution in [0.1, 0.15) is 12.8 Å². The molecule has 0 spiro atoms. The highest BCUT2D eigenvalue weighted by Gasteiger charge is 2.10. The molecule has 0 fully saturated rings. The van der Waals surface area contributed by atoms with Crippen LogP contribution in [0.5, 0.6) is 5.75 Å². The number of anilines is 2. The molecule has 0 radical (unpaired) electrons. The summed E-state index contributed by atoms with van der Waals surface area (Å²) in [5, 5.41) is 9.43. The smallest absolute Gasteiger partial charge is 0.243 e. The Kier molecular flexibility index (Phi) is 5.60. The molecule has 26 heavy (non-hydrogen) atoms. The minimum atomic E-state index is -0.414. The van der Waals surface area contributed by atoms with Crippen molar-refractivity contribution >= 4 is 28.3 Å². The molecule has 2 N–H and O–H groups in total. The maximum Gasteiger partial charge on any atom is 0.243 e. The number of rotatable bonds is 7. The highest BCUT2D eigenvalue weighted by Crippen LogP contribution is 2.28. The Morgan fingerprint density at radius 2 is 1.92 bits per heavy atom. The van der Waals surface area contributed by atoms with E-state index in [0.717, 1.165) is 28.2 Å². The van der Waals surface area contributed by atoms with E-state index < -0.39 is 5.91 Å². The van der Waals surface area contributed by atoms with Crippen LogP contribution in [-0.4, -0.2) is 34.7 Å². The van der Waals surface area contributed by atoms with Crippen LogP contribution >= 0.6 is 0 Å². The zero-order valence-electron chi connectivity index (χ0n) is 14.4. The zero-order chi connectivity index (χ0) is 18.4. The topological polar surface area (TPSA) is 87.6 Å². The molecule has 0 atom stereocenters.